The van der Waals surface area contributed by atoms with Crippen molar-refractivity contribution in [3.05, 3.63) is 47.8 Å². The third kappa shape index (κ3) is 5.23. The van der Waals surface area contributed by atoms with Gasteiger partial charge < -0.3 is 25.4 Å². The summed E-state index contributed by atoms with van der Waals surface area (Å²) in [5, 5.41) is 3.05. The summed E-state index contributed by atoms with van der Waals surface area (Å²) in [6.07, 6.45) is 3.11. The summed E-state index contributed by atoms with van der Waals surface area (Å²) in [5.41, 5.74) is 8.28. The molecule has 4 rings (SSSR count). The van der Waals surface area contributed by atoms with E-state index in [0.29, 0.717) is 24.5 Å². The molecule has 29 heavy (non-hydrogen) atoms. The van der Waals surface area contributed by atoms with Crippen molar-refractivity contribution in [3.63, 3.8) is 0 Å². The van der Waals surface area contributed by atoms with Crippen molar-refractivity contribution in [2.45, 2.75) is 25.8 Å². The van der Waals surface area contributed by atoms with E-state index >= 15 is 0 Å². The Morgan fingerprint density at radius 3 is 2.62 bits per heavy atom. The van der Waals surface area contributed by atoms with E-state index in [9.17, 15) is 4.39 Å². The van der Waals surface area contributed by atoms with Crippen LogP contribution in [0.15, 0.2) is 41.4 Å². The van der Waals surface area contributed by atoms with E-state index in [1.807, 2.05) is 24.3 Å². The molecular formula is C21H26FIN4O2. The molecule has 2 aromatic carbocycles. The van der Waals surface area contributed by atoms with Crippen LogP contribution in [-0.4, -0.2) is 32.3 Å². The number of ether oxygens (including phenoxy) is 2. The monoisotopic (exact) mass is 512 g/mol. The molecule has 0 aliphatic carbocycles. The summed E-state index contributed by atoms with van der Waals surface area (Å²) in [7, 11) is 0. The van der Waals surface area contributed by atoms with Gasteiger partial charge in [0.05, 0.1) is 19.8 Å². The van der Waals surface area contributed by atoms with Gasteiger partial charge in [0.15, 0.2) is 17.5 Å². The highest BCUT2D eigenvalue weighted by Gasteiger charge is 2.18. The van der Waals surface area contributed by atoms with Crippen LogP contribution in [0.1, 0.15) is 24.8 Å². The van der Waals surface area contributed by atoms with Crippen molar-refractivity contribution in [2.24, 2.45) is 10.7 Å². The predicted octanol–water partition coefficient (Wildman–Crippen LogP) is 4.13. The lowest BCUT2D eigenvalue weighted by molar-refractivity contribution is 0.297. The van der Waals surface area contributed by atoms with Gasteiger partial charge in [0.2, 0.25) is 0 Å². The van der Waals surface area contributed by atoms with Gasteiger partial charge >= 0.3 is 0 Å². The zero-order valence-corrected chi connectivity index (χ0v) is 18.5. The molecule has 2 aromatic rings. The largest absolute Gasteiger partial charge is 0.490 e. The molecule has 0 saturated carbocycles. The molecule has 8 heteroatoms. The number of hydrogen-bond donors (Lipinski definition) is 2. The Morgan fingerprint density at radius 2 is 1.83 bits per heavy atom. The van der Waals surface area contributed by atoms with Crippen LogP contribution in [0, 0.1) is 5.82 Å². The molecule has 0 radical (unpaired) electrons. The molecular weight excluding hydrogens is 486 g/mol. The smallest absolute Gasteiger partial charge is 0.193 e. The molecule has 0 amide bonds. The molecule has 0 atom stereocenters. The number of hydrogen-bond acceptors (Lipinski definition) is 4. The molecule has 2 aliphatic rings. The Kier molecular flexibility index (Phi) is 7.40. The van der Waals surface area contributed by atoms with Crippen LogP contribution in [0.4, 0.5) is 15.8 Å². The molecule has 2 heterocycles. The third-order valence-electron chi connectivity index (χ3n) is 4.97. The first kappa shape index (κ1) is 21.5. The third-order valence-corrected chi connectivity index (χ3v) is 4.97. The first-order valence-corrected chi connectivity index (χ1v) is 9.69. The number of nitrogens with one attached hydrogen (secondary N) is 1. The van der Waals surface area contributed by atoms with E-state index in [2.05, 4.69) is 15.2 Å². The van der Waals surface area contributed by atoms with Crippen molar-refractivity contribution < 1.29 is 13.9 Å². The van der Waals surface area contributed by atoms with E-state index in [1.165, 1.54) is 6.07 Å². The lowest BCUT2D eigenvalue weighted by atomic mass is 10.1. The highest BCUT2D eigenvalue weighted by Crippen LogP contribution is 2.32. The molecule has 1 saturated heterocycles. The first-order valence-electron chi connectivity index (χ1n) is 9.69. The van der Waals surface area contributed by atoms with Crippen LogP contribution in [0.2, 0.25) is 0 Å². The SMILES string of the molecule is I.NC(=NCc1c(F)cccc1N1CCCC1)Nc1ccc2c(c1)OCCCO2. The summed E-state index contributed by atoms with van der Waals surface area (Å²) in [6, 6.07) is 10.7. The van der Waals surface area contributed by atoms with E-state index < -0.39 is 0 Å². The summed E-state index contributed by atoms with van der Waals surface area (Å²) >= 11 is 0. The maximum atomic E-state index is 14.4. The van der Waals surface area contributed by atoms with Gasteiger partial charge in [0.1, 0.15) is 5.82 Å². The van der Waals surface area contributed by atoms with Gasteiger partial charge in [-0.1, -0.05) is 6.07 Å². The van der Waals surface area contributed by atoms with Gasteiger partial charge in [0, 0.05) is 42.5 Å². The summed E-state index contributed by atoms with van der Waals surface area (Å²) in [4.78, 5) is 6.57. The normalized spacial score (nSPS) is 16.2. The fraction of sp³-hybridized carbons (Fsp3) is 0.381. The van der Waals surface area contributed by atoms with E-state index in [1.54, 1.807) is 6.07 Å². The Bertz CT molecular complexity index is 872. The highest BCUT2D eigenvalue weighted by atomic mass is 127. The first-order chi connectivity index (χ1) is 13.7. The van der Waals surface area contributed by atoms with Gasteiger partial charge in [-0.15, -0.1) is 24.0 Å². The molecule has 6 nitrogen and oxygen atoms in total. The molecule has 0 aromatic heterocycles. The van der Waals surface area contributed by atoms with Crippen LogP contribution in [0.25, 0.3) is 0 Å². The second-order valence-corrected chi connectivity index (χ2v) is 6.97. The zero-order valence-electron chi connectivity index (χ0n) is 16.2. The highest BCUT2D eigenvalue weighted by molar-refractivity contribution is 14.0. The van der Waals surface area contributed by atoms with E-state index in [4.69, 9.17) is 15.2 Å². The van der Waals surface area contributed by atoms with Gasteiger partial charge in [-0.2, -0.15) is 0 Å². The minimum absolute atomic E-state index is 0. The van der Waals surface area contributed by atoms with Crippen molar-refractivity contribution in [2.75, 3.05) is 36.5 Å². The second kappa shape index (κ2) is 10.00. The van der Waals surface area contributed by atoms with Crippen LogP contribution in [0.3, 0.4) is 0 Å². The number of aliphatic imine (C=N–C) groups is 1. The van der Waals surface area contributed by atoms with Gasteiger partial charge in [0.25, 0.3) is 0 Å². The molecule has 0 spiro atoms. The topological polar surface area (TPSA) is 72.1 Å². The lowest BCUT2D eigenvalue weighted by Gasteiger charge is -2.21. The Morgan fingerprint density at radius 1 is 1.07 bits per heavy atom. The van der Waals surface area contributed by atoms with Crippen LogP contribution in [-0.2, 0) is 6.54 Å². The number of halogens is 2. The average Bonchev–Trinajstić information content (AvgIpc) is 3.12. The van der Waals surface area contributed by atoms with Crippen molar-refractivity contribution >= 4 is 41.3 Å². The van der Waals surface area contributed by atoms with Crippen molar-refractivity contribution in [1.82, 2.24) is 0 Å². The minimum atomic E-state index is -0.253. The molecule has 2 aliphatic heterocycles. The number of nitrogens with two attached hydrogens (primary N) is 1. The minimum Gasteiger partial charge on any atom is -0.490 e. The number of anilines is 2. The Balaban J connectivity index is 0.00000240. The maximum Gasteiger partial charge on any atom is 0.193 e. The van der Waals surface area contributed by atoms with Gasteiger partial charge in [-0.05, 0) is 37.1 Å². The second-order valence-electron chi connectivity index (χ2n) is 6.97. The van der Waals surface area contributed by atoms with Crippen molar-refractivity contribution in [1.29, 1.82) is 0 Å². The number of rotatable bonds is 4. The average molecular weight is 512 g/mol. The summed E-state index contributed by atoms with van der Waals surface area (Å²) in [6.45, 7) is 3.34. The Hall–Kier alpha value is -2.23. The fourth-order valence-corrected chi connectivity index (χ4v) is 3.55. The van der Waals surface area contributed by atoms with Crippen LogP contribution < -0.4 is 25.4 Å². The summed E-state index contributed by atoms with van der Waals surface area (Å²) < 4.78 is 25.7. The zero-order chi connectivity index (χ0) is 19.3. The Labute approximate surface area is 187 Å². The van der Waals surface area contributed by atoms with Gasteiger partial charge in [-0.3, -0.25) is 0 Å². The molecule has 0 unspecified atom stereocenters. The molecule has 3 N–H and O–H groups in total. The standard InChI is InChI=1S/C21H25FN4O2.HI/c22-17-5-3-6-18(26-9-1-2-10-26)16(17)14-24-21(23)25-15-7-8-19-20(13-15)28-12-4-11-27-19;/h3,5-8,13H,1-2,4,9-12,14H2,(H3,23,24,25);1H. The number of guanidine groups is 1. The quantitative estimate of drug-likeness (QED) is 0.366. The molecule has 1 fully saturated rings. The van der Waals surface area contributed by atoms with Gasteiger partial charge in [-0.25, -0.2) is 9.38 Å². The lowest BCUT2D eigenvalue weighted by Crippen LogP contribution is -2.23. The fourth-order valence-electron chi connectivity index (χ4n) is 3.55. The van der Waals surface area contributed by atoms with Crippen molar-refractivity contribution in [3.8, 4) is 11.5 Å². The number of fused-ring (bicyclic) bond motifs is 1. The molecule has 156 valence electrons. The van der Waals surface area contributed by atoms with Crippen LogP contribution in [0.5, 0.6) is 11.5 Å². The van der Waals surface area contributed by atoms with E-state index in [0.717, 1.165) is 49.5 Å². The maximum absolute atomic E-state index is 14.4. The molecule has 0 bridgehead atoms. The van der Waals surface area contributed by atoms with E-state index in [-0.39, 0.29) is 42.3 Å². The number of nitrogens with zero attached hydrogens (tertiary/aromatic N) is 2. The number of benzene rings is 2. The predicted molar refractivity (Wildman–Crippen MR) is 124 cm³/mol. The van der Waals surface area contributed by atoms with Crippen LogP contribution >= 0.6 is 24.0 Å². The summed E-state index contributed by atoms with van der Waals surface area (Å²) in [5.74, 6) is 1.38.